The summed E-state index contributed by atoms with van der Waals surface area (Å²) < 4.78 is 6.25. The highest BCUT2D eigenvalue weighted by Crippen LogP contribution is 2.42. The molecule has 0 aromatic heterocycles. The molecule has 0 unspecified atom stereocenters. The van der Waals surface area contributed by atoms with Gasteiger partial charge in [0.2, 0.25) is 0 Å². The summed E-state index contributed by atoms with van der Waals surface area (Å²) in [5.41, 5.74) is 1.05. The summed E-state index contributed by atoms with van der Waals surface area (Å²) in [6.07, 6.45) is 5.96. The van der Waals surface area contributed by atoms with Crippen LogP contribution in [-0.4, -0.2) is 19.1 Å². The van der Waals surface area contributed by atoms with E-state index in [2.05, 4.69) is 38.2 Å². The van der Waals surface area contributed by atoms with Crippen LogP contribution in [0.2, 0.25) is 0 Å². The summed E-state index contributed by atoms with van der Waals surface area (Å²) in [5, 5.41) is 3.39. The summed E-state index contributed by atoms with van der Waals surface area (Å²) >= 11 is 0. The maximum atomic E-state index is 13.0. The molecular formula is C22H33NO2. The number of hydrogen-bond acceptors (Lipinski definition) is 3. The van der Waals surface area contributed by atoms with Crippen LogP contribution >= 0.6 is 0 Å². The van der Waals surface area contributed by atoms with Gasteiger partial charge in [-0.25, -0.2) is 0 Å². The van der Waals surface area contributed by atoms with Crippen molar-refractivity contribution in [2.75, 3.05) is 13.1 Å². The van der Waals surface area contributed by atoms with Crippen molar-refractivity contribution >= 4 is 5.97 Å². The molecule has 0 bridgehead atoms. The molecule has 1 saturated heterocycles. The van der Waals surface area contributed by atoms with E-state index >= 15 is 0 Å². The van der Waals surface area contributed by atoms with Crippen molar-refractivity contribution in [2.24, 2.45) is 17.3 Å². The first-order chi connectivity index (χ1) is 11.9. The van der Waals surface area contributed by atoms with Gasteiger partial charge in [0.1, 0.15) is 5.60 Å². The third-order valence-corrected chi connectivity index (χ3v) is 6.29. The van der Waals surface area contributed by atoms with Gasteiger partial charge in [-0.15, -0.1) is 0 Å². The molecule has 2 aliphatic rings. The topological polar surface area (TPSA) is 38.3 Å². The standard InChI is InChI=1S/C22H33NO2/c1-21(2,3)18-11-9-17(10-12-18)20(24)25-22(13-15-23-16-14-22)19-7-5-4-6-8-19/h4-8,17-18,23H,9-16H2,1-3H3. The molecule has 0 spiro atoms. The van der Waals surface area contributed by atoms with Crippen molar-refractivity contribution in [3.8, 4) is 0 Å². The van der Waals surface area contributed by atoms with E-state index in [0.29, 0.717) is 5.41 Å². The third kappa shape index (κ3) is 4.25. The normalized spacial score (nSPS) is 26.8. The number of hydrogen-bond donors (Lipinski definition) is 1. The molecular weight excluding hydrogens is 310 g/mol. The highest BCUT2D eigenvalue weighted by molar-refractivity contribution is 5.73. The van der Waals surface area contributed by atoms with Gasteiger partial charge in [0.25, 0.3) is 0 Å². The molecule has 1 saturated carbocycles. The summed E-state index contributed by atoms with van der Waals surface area (Å²) in [6.45, 7) is 8.75. The molecule has 0 radical (unpaired) electrons. The Bertz CT molecular complexity index is 561. The molecule has 0 amide bonds. The Labute approximate surface area is 152 Å². The molecule has 138 valence electrons. The van der Waals surface area contributed by atoms with Crippen LogP contribution in [0.4, 0.5) is 0 Å². The van der Waals surface area contributed by atoms with Crippen molar-refractivity contribution < 1.29 is 9.53 Å². The van der Waals surface area contributed by atoms with Crippen molar-refractivity contribution in [1.29, 1.82) is 0 Å². The predicted octanol–water partition coefficient (Wildman–Crippen LogP) is 4.66. The first-order valence-corrected chi connectivity index (χ1v) is 9.90. The first kappa shape index (κ1) is 18.4. The average Bonchev–Trinajstić information content (AvgIpc) is 2.62. The van der Waals surface area contributed by atoms with E-state index in [1.807, 2.05) is 18.2 Å². The molecule has 3 rings (SSSR count). The van der Waals surface area contributed by atoms with Crippen LogP contribution in [0.15, 0.2) is 30.3 Å². The minimum atomic E-state index is -0.440. The minimum absolute atomic E-state index is 0.0260. The molecule has 1 aliphatic carbocycles. The van der Waals surface area contributed by atoms with Crippen molar-refractivity contribution in [2.45, 2.75) is 64.9 Å². The van der Waals surface area contributed by atoms with Gasteiger partial charge in [-0.05, 0) is 55.7 Å². The zero-order chi connectivity index (χ0) is 17.9. The SMILES string of the molecule is CC(C)(C)C1CCC(C(=O)OC2(c3ccccc3)CCNCC2)CC1. The van der Waals surface area contributed by atoms with E-state index < -0.39 is 5.60 Å². The lowest BCUT2D eigenvalue weighted by Gasteiger charge is -2.40. The summed E-state index contributed by atoms with van der Waals surface area (Å²) in [6, 6.07) is 10.3. The van der Waals surface area contributed by atoms with Gasteiger partial charge in [0.05, 0.1) is 5.92 Å². The number of rotatable bonds is 3. The highest BCUT2D eigenvalue weighted by atomic mass is 16.6. The lowest BCUT2D eigenvalue weighted by molar-refractivity contribution is -0.171. The smallest absolute Gasteiger partial charge is 0.309 e. The van der Waals surface area contributed by atoms with Crippen LogP contribution in [0.3, 0.4) is 0 Å². The zero-order valence-electron chi connectivity index (χ0n) is 16.0. The van der Waals surface area contributed by atoms with E-state index in [1.54, 1.807) is 0 Å². The fourth-order valence-electron chi connectivity index (χ4n) is 4.49. The molecule has 1 N–H and O–H groups in total. The second kappa shape index (κ2) is 7.49. The summed E-state index contributed by atoms with van der Waals surface area (Å²) in [5.74, 6) is 0.825. The monoisotopic (exact) mass is 343 g/mol. The fourth-order valence-corrected chi connectivity index (χ4v) is 4.49. The number of piperidine rings is 1. The number of benzene rings is 1. The Kier molecular flexibility index (Phi) is 5.52. The lowest BCUT2D eigenvalue weighted by Crippen LogP contribution is -2.44. The molecule has 1 aromatic carbocycles. The van der Waals surface area contributed by atoms with Crippen LogP contribution in [-0.2, 0) is 15.1 Å². The van der Waals surface area contributed by atoms with Crippen LogP contribution in [0.1, 0.15) is 64.9 Å². The minimum Gasteiger partial charge on any atom is -0.454 e. The zero-order valence-corrected chi connectivity index (χ0v) is 16.0. The molecule has 1 aliphatic heterocycles. The number of nitrogens with one attached hydrogen (secondary N) is 1. The van der Waals surface area contributed by atoms with Gasteiger partial charge < -0.3 is 10.1 Å². The van der Waals surface area contributed by atoms with Gasteiger partial charge in [0.15, 0.2) is 0 Å². The number of ether oxygens (including phenoxy) is 1. The van der Waals surface area contributed by atoms with Gasteiger partial charge >= 0.3 is 5.97 Å². The van der Waals surface area contributed by atoms with Gasteiger partial charge in [-0.3, -0.25) is 4.79 Å². The average molecular weight is 344 g/mol. The third-order valence-electron chi connectivity index (χ3n) is 6.29. The van der Waals surface area contributed by atoms with Crippen LogP contribution < -0.4 is 5.32 Å². The van der Waals surface area contributed by atoms with Crippen LogP contribution in [0, 0.1) is 17.3 Å². The van der Waals surface area contributed by atoms with E-state index in [-0.39, 0.29) is 11.9 Å². The van der Waals surface area contributed by atoms with Gasteiger partial charge in [-0.1, -0.05) is 51.1 Å². The van der Waals surface area contributed by atoms with Gasteiger partial charge in [0, 0.05) is 12.8 Å². The molecule has 25 heavy (non-hydrogen) atoms. The van der Waals surface area contributed by atoms with E-state index in [0.717, 1.165) is 63.1 Å². The molecule has 1 heterocycles. The van der Waals surface area contributed by atoms with Crippen LogP contribution in [0.25, 0.3) is 0 Å². The van der Waals surface area contributed by atoms with E-state index in [9.17, 15) is 4.79 Å². The Balaban J connectivity index is 1.68. The largest absolute Gasteiger partial charge is 0.454 e. The summed E-state index contributed by atoms with van der Waals surface area (Å²) in [7, 11) is 0. The van der Waals surface area contributed by atoms with E-state index in [4.69, 9.17) is 4.74 Å². The Morgan fingerprint density at radius 3 is 2.20 bits per heavy atom. The van der Waals surface area contributed by atoms with Gasteiger partial charge in [-0.2, -0.15) is 0 Å². The maximum absolute atomic E-state index is 13.0. The van der Waals surface area contributed by atoms with Crippen molar-refractivity contribution in [3.05, 3.63) is 35.9 Å². The lowest BCUT2D eigenvalue weighted by atomic mass is 9.70. The molecule has 2 fully saturated rings. The molecule has 3 nitrogen and oxygen atoms in total. The maximum Gasteiger partial charge on any atom is 0.309 e. The Morgan fingerprint density at radius 2 is 1.64 bits per heavy atom. The first-order valence-electron chi connectivity index (χ1n) is 9.90. The van der Waals surface area contributed by atoms with Crippen molar-refractivity contribution in [1.82, 2.24) is 5.32 Å². The Hall–Kier alpha value is -1.35. The second-order valence-corrected chi connectivity index (χ2v) is 8.95. The highest BCUT2D eigenvalue weighted by Gasteiger charge is 2.40. The van der Waals surface area contributed by atoms with Crippen LogP contribution in [0.5, 0.6) is 0 Å². The molecule has 3 heteroatoms. The second-order valence-electron chi connectivity index (χ2n) is 8.95. The fraction of sp³-hybridized carbons (Fsp3) is 0.682. The number of carbonyl (C=O) groups is 1. The number of esters is 1. The quantitative estimate of drug-likeness (QED) is 0.811. The van der Waals surface area contributed by atoms with E-state index in [1.165, 1.54) is 0 Å². The van der Waals surface area contributed by atoms with Crippen molar-refractivity contribution in [3.63, 3.8) is 0 Å². The predicted molar refractivity (Wildman–Crippen MR) is 101 cm³/mol. The molecule has 0 atom stereocenters. The Morgan fingerprint density at radius 1 is 1.04 bits per heavy atom. The summed E-state index contributed by atoms with van der Waals surface area (Å²) in [4.78, 5) is 13.0. The number of carbonyl (C=O) groups excluding carboxylic acids is 1. The molecule has 1 aromatic rings.